The molecule has 1 saturated heterocycles. The summed E-state index contributed by atoms with van der Waals surface area (Å²) in [5.74, 6) is 0. The third-order valence-electron chi connectivity index (χ3n) is 1.66. The molecular formula is C6H12FNO. The minimum absolute atomic E-state index is 0.0127. The number of halogens is 1. The quantitative estimate of drug-likeness (QED) is 0.556. The predicted octanol–water partition coefficient (Wildman–Crippen LogP) is 0.333. The highest BCUT2D eigenvalue weighted by Crippen LogP contribution is 2.09. The van der Waals surface area contributed by atoms with Crippen LogP contribution >= 0.6 is 0 Å². The molecule has 0 aromatic heterocycles. The Kier molecular flexibility index (Phi) is 2.42. The largest absolute Gasteiger partial charge is 0.378 e. The summed E-state index contributed by atoms with van der Waals surface area (Å²) in [5, 5.41) is 2.90. The van der Waals surface area contributed by atoms with E-state index in [4.69, 9.17) is 4.74 Å². The van der Waals surface area contributed by atoms with Gasteiger partial charge in [0.1, 0.15) is 6.17 Å². The maximum Gasteiger partial charge on any atom is 0.139 e. The predicted molar refractivity (Wildman–Crippen MR) is 33.2 cm³/mol. The highest BCUT2D eigenvalue weighted by Gasteiger charge is 2.22. The summed E-state index contributed by atoms with van der Waals surface area (Å²) in [7, 11) is 1.78. The van der Waals surface area contributed by atoms with Crippen molar-refractivity contribution < 1.29 is 9.13 Å². The molecule has 0 spiro atoms. The molecule has 3 heteroatoms. The van der Waals surface area contributed by atoms with Gasteiger partial charge in [0.2, 0.25) is 0 Å². The van der Waals surface area contributed by atoms with E-state index in [-0.39, 0.29) is 12.6 Å². The van der Waals surface area contributed by atoms with Crippen molar-refractivity contribution in [3.63, 3.8) is 0 Å². The number of alkyl halides is 1. The van der Waals surface area contributed by atoms with Gasteiger partial charge in [0.05, 0.1) is 6.61 Å². The van der Waals surface area contributed by atoms with Gasteiger partial charge in [-0.15, -0.1) is 0 Å². The first-order chi connectivity index (χ1) is 4.34. The first-order valence-corrected chi connectivity index (χ1v) is 3.23. The van der Waals surface area contributed by atoms with E-state index in [1.165, 1.54) is 0 Å². The highest BCUT2D eigenvalue weighted by atomic mass is 19.1. The van der Waals surface area contributed by atoms with E-state index < -0.39 is 6.17 Å². The SMILES string of the molecule is CN[C@H]1CCOC[C@H]1F. The van der Waals surface area contributed by atoms with Crippen molar-refractivity contribution >= 4 is 0 Å². The number of rotatable bonds is 1. The van der Waals surface area contributed by atoms with Gasteiger partial charge >= 0.3 is 0 Å². The third-order valence-corrected chi connectivity index (χ3v) is 1.66. The van der Waals surface area contributed by atoms with Crippen LogP contribution in [0.25, 0.3) is 0 Å². The molecule has 1 aliphatic heterocycles. The van der Waals surface area contributed by atoms with Gasteiger partial charge in [-0.25, -0.2) is 4.39 Å². The monoisotopic (exact) mass is 133 g/mol. The first kappa shape index (κ1) is 6.96. The number of ether oxygens (including phenoxy) is 1. The van der Waals surface area contributed by atoms with Gasteiger partial charge in [0.25, 0.3) is 0 Å². The molecule has 0 bridgehead atoms. The van der Waals surface area contributed by atoms with E-state index in [1.807, 2.05) is 0 Å². The minimum Gasteiger partial charge on any atom is -0.378 e. The first-order valence-electron chi connectivity index (χ1n) is 3.23. The van der Waals surface area contributed by atoms with Crippen LogP contribution in [0.4, 0.5) is 4.39 Å². The van der Waals surface area contributed by atoms with Crippen molar-refractivity contribution in [3.8, 4) is 0 Å². The van der Waals surface area contributed by atoms with Gasteiger partial charge in [0.15, 0.2) is 0 Å². The van der Waals surface area contributed by atoms with Gasteiger partial charge in [-0.3, -0.25) is 0 Å². The Morgan fingerprint density at radius 3 is 2.89 bits per heavy atom. The molecule has 1 rings (SSSR count). The molecular weight excluding hydrogens is 121 g/mol. The van der Waals surface area contributed by atoms with Gasteiger partial charge in [0, 0.05) is 12.6 Å². The number of nitrogens with one attached hydrogen (secondary N) is 1. The van der Waals surface area contributed by atoms with Crippen molar-refractivity contribution in [1.82, 2.24) is 5.32 Å². The summed E-state index contributed by atoms with van der Waals surface area (Å²) in [6, 6.07) is 0.0127. The molecule has 0 aliphatic carbocycles. The maximum atomic E-state index is 12.7. The van der Waals surface area contributed by atoms with Crippen molar-refractivity contribution in [2.75, 3.05) is 20.3 Å². The average molecular weight is 133 g/mol. The zero-order valence-corrected chi connectivity index (χ0v) is 5.56. The lowest BCUT2D eigenvalue weighted by Crippen LogP contribution is -2.42. The number of hydrogen-bond donors (Lipinski definition) is 1. The minimum atomic E-state index is -0.816. The van der Waals surface area contributed by atoms with Crippen LogP contribution in [0.15, 0.2) is 0 Å². The summed E-state index contributed by atoms with van der Waals surface area (Å²) < 4.78 is 17.6. The molecule has 0 saturated carbocycles. The summed E-state index contributed by atoms with van der Waals surface area (Å²) in [6.07, 6.45) is -0.0266. The van der Waals surface area contributed by atoms with E-state index in [0.717, 1.165) is 6.42 Å². The molecule has 0 radical (unpaired) electrons. The van der Waals surface area contributed by atoms with Crippen molar-refractivity contribution in [1.29, 1.82) is 0 Å². The van der Waals surface area contributed by atoms with Crippen LogP contribution in [-0.2, 0) is 4.74 Å². The summed E-state index contributed by atoms with van der Waals surface area (Å²) in [6.45, 7) is 0.942. The van der Waals surface area contributed by atoms with E-state index in [0.29, 0.717) is 6.61 Å². The molecule has 0 aromatic carbocycles. The Morgan fingerprint density at radius 1 is 1.67 bits per heavy atom. The Hall–Kier alpha value is -0.150. The van der Waals surface area contributed by atoms with Crippen LogP contribution in [0.2, 0.25) is 0 Å². The fourth-order valence-corrected chi connectivity index (χ4v) is 1.03. The Balaban J connectivity index is 2.30. The molecule has 2 nitrogen and oxygen atoms in total. The Labute approximate surface area is 54.4 Å². The van der Waals surface area contributed by atoms with E-state index in [2.05, 4.69) is 5.32 Å². The molecule has 2 atom stereocenters. The fraction of sp³-hybridized carbons (Fsp3) is 1.00. The Morgan fingerprint density at radius 2 is 2.44 bits per heavy atom. The summed E-state index contributed by atoms with van der Waals surface area (Å²) in [5.41, 5.74) is 0. The molecule has 0 aromatic rings. The normalized spacial score (nSPS) is 36.7. The Bertz CT molecular complexity index is 89.1. The second kappa shape index (κ2) is 3.13. The topological polar surface area (TPSA) is 21.3 Å². The molecule has 0 unspecified atom stereocenters. The zero-order chi connectivity index (χ0) is 6.69. The van der Waals surface area contributed by atoms with Crippen LogP contribution < -0.4 is 5.32 Å². The second-order valence-electron chi connectivity index (χ2n) is 2.27. The molecule has 1 heterocycles. The smallest absolute Gasteiger partial charge is 0.139 e. The highest BCUT2D eigenvalue weighted by molar-refractivity contribution is 4.77. The molecule has 54 valence electrons. The fourth-order valence-electron chi connectivity index (χ4n) is 1.03. The lowest BCUT2D eigenvalue weighted by Gasteiger charge is -2.25. The molecule has 1 N–H and O–H groups in total. The standard InChI is InChI=1S/C6H12FNO/c1-8-6-2-3-9-4-5(6)7/h5-6,8H,2-4H2,1H3/t5-,6+/m1/s1. The molecule has 9 heavy (non-hydrogen) atoms. The third kappa shape index (κ3) is 1.63. The van der Waals surface area contributed by atoms with Crippen molar-refractivity contribution in [3.05, 3.63) is 0 Å². The lowest BCUT2D eigenvalue weighted by molar-refractivity contribution is 0.0160. The van der Waals surface area contributed by atoms with Crippen LogP contribution in [-0.4, -0.2) is 32.5 Å². The zero-order valence-electron chi connectivity index (χ0n) is 5.56. The molecule has 0 amide bonds. The lowest BCUT2D eigenvalue weighted by atomic mass is 10.1. The van der Waals surface area contributed by atoms with E-state index in [1.54, 1.807) is 7.05 Å². The van der Waals surface area contributed by atoms with Gasteiger partial charge < -0.3 is 10.1 Å². The van der Waals surface area contributed by atoms with Gasteiger partial charge in [-0.05, 0) is 13.5 Å². The van der Waals surface area contributed by atoms with Crippen LogP contribution in [0.1, 0.15) is 6.42 Å². The van der Waals surface area contributed by atoms with Crippen LogP contribution in [0.3, 0.4) is 0 Å². The van der Waals surface area contributed by atoms with Crippen LogP contribution in [0, 0.1) is 0 Å². The van der Waals surface area contributed by atoms with Crippen molar-refractivity contribution in [2.45, 2.75) is 18.6 Å². The van der Waals surface area contributed by atoms with Gasteiger partial charge in [-0.2, -0.15) is 0 Å². The summed E-state index contributed by atoms with van der Waals surface area (Å²) in [4.78, 5) is 0. The number of hydrogen-bond acceptors (Lipinski definition) is 2. The summed E-state index contributed by atoms with van der Waals surface area (Å²) >= 11 is 0. The van der Waals surface area contributed by atoms with Gasteiger partial charge in [-0.1, -0.05) is 0 Å². The van der Waals surface area contributed by atoms with Crippen molar-refractivity contribution in [2.24, 2.45) is 0 Å². The maximum absolute atomic E-state index is 12.7. The average Bonchev–Trinajstić information content (AvgIpc) is 1.89. The van der Waals surface area contributed by atoms with E-state index in [9.17, 15) is 4.39 Å². The molecule has 1 fully saturated rings. The molecule has 1 aliphatic rings. The van der Waals surface area contributed by atoms with E-state index >= 15 is 0 Å². The second-order valence-corrected chi connectivity index (χ2v) is 2.27. The van der Waals surface area contributed by atoms with Crippen LogP contribution in [0.5, 0.6) is 0 Å².